The second-order valence-corrected chi connectivity index (χ2v) is 9.51. The molecule has 0 unspecified atom stereocenters. The monoisotopic (exact) mass is 372 g/mol. The fraction of sp³-hybridized carbons (Fsp3) is 0.688. The first-order valence-corrected chi connectivity index (χ1v) is 10.8. The number of rotatable bonds is 6. The van der Waals surface area contributed by atoms with Gasteiger partial charge in [0, 0.05) is 30.6 Å². The zero-order valence-electron chi connectivity index (χ0n) is 14.7. The van der Waals surface area contributed by atoms with Crippen molar-refractivity contribution in [3.05, 3.63) is 17.0 Å². The van der Waals surface area contributed by atoms with Gasteiger partial charge in [0.2, 0.25) is 0 Å². The van der Waals surface area contributed by atoms with Gasteiger partial charge in [0.25, 0.3) is 10.0 Å². The van der Waals surface area contributed by atoms with Crippen LogP contribution in [0.5, 0.6) is 0 Å². The molecule has 1 aliphatic heterocycles. The highest BCUT2D eigenvalue weighted by atomic mass is 32.2. The van der Waals surface area contributed by atoms with E-state index in [0.29, 0.717) is 29.9 Å². The SMILES string of the molecule is CCNC(=NCc1ccc(S(=O)(=O)N2CCCCC2)s1)NC(C)C. The van der Waals surface area contributed by atoms with Crippen molar-refractivity contribution < 1.29 is 8.42 Å². The Kier molecular flexibility index (Phi) is 7.06. The number of guanidine groups is 1. The summed E-state index contributed by atoms with van der Waals surface area (Å²) in [4.78, 5) is 5.48. The molecule has 2 rings (SSSR count). The lowest BCUT2D eigenvalue weighted by atomic mass is 10.2. The predicted molar refractivity (Wildman–Crippen MR) is 100 cm³/mol. The lowest BCUT2D eigenvalue weighted by Gasteiger charge is -2.25. The molecule has 0 bridgehead atoms. The number of hydrogen-bond donors (Lipinski definition) is 2. The van der Waals surface area contributed by atoms with E-state index in [9.17, 15) is 8.42 Å². The van der Waals surface area contributed by atoms with Crippen LogP contribution in [0, 0.1) is 0 Å². The highest BCUT2D eigenvalue weighted by molar-refractivity contribution is 7.91. The Hall–Kier alpha value is -1.12. The van der Waals surface area contributed by atoms with E-state index in [1.54, 1.807) is 10.4 Å². The van der Waals surface area contributed by atoms with E-state index in [2.05, 4.69) is 29.5 Å². The molecule has 6 nitrogen and oxygen atoms in total. The largest absolute Gasteiger partial charge is 0.357 e. The van der Waals surface area contributed by atoms with Gasteiger partial charge in [0.1, 0.15) is 4.21 Å². The smallest absolute Gasteiger partial charge is 0.252 e. The third-order valence-corrected chi connectivity index (χ3v) is 7.14. The van der Waals surface area contributed by atoms with Gasteiger partial charge in [-0.05, 0) is 45.7 Å². The molecule has 0 radical (unpaired) electrons. The fourth-order valence-corrected chi connectivity index (χ4v) is 5.52. The molecule has 8 heteroatoms. The number of nitrogens with zero attached hydrogens (tertiary/aromatic N) is 2. The van der Waals surface area contributed by atoms with Gasteiger partial charge in [-0.15, -0.1) is 11.3 Å². The predicted octanol–water partition coefficient (Wildman–Crippen LogP) is 2.39. The van der Waals surface area contributed by atoms with Gasteiger partial charge in [0.15, 0.2) is 5.96 Å². The van der Waals surface area contributed by atoms with Crippen molar-refractivity contribution in [1.82, 2.24) is 14.9 Å². The van der Waals surface area contributed by atoms with Crippen molar-refractivity contribution in [2.24, 2.45) is 4.99 Å². The summed E-state index contributed by atoms with van der Waals surface area (Å²) in [6, 6.07) is 3.87. The van der Waals surface area contributed by atoms with Crippen molar-refractivity contribution in [3.63, 3.8) is 0 Å². The Labute approximate surface area is 149 Å². The van der Waals surface area contributed by atoms with Crippen molar-refractivity contribution in [2.45, 2.75) is 56.8 Å². The van der Waals surface area contributed by atoms with Crippen LogP contribution < -0.4 is 10.6 Å². The van der Waals surface area contributed by atoms with E-state index in [-0.39, 0.29) is 0 Å². The molecule has 0 saturated carbocycles. The summed E-state index contributed by atoms with van der Waals surface area (Å²) in [6.45, 7) is 8.67. The maximum Gasteiger partial charge on any atom is 0.252 e. The second kappa shape index (κ2) is 8.82. The normalized spacial score (nSPS) is 17.2. The molecule has 0 aromatic carbocycles. The van der Waals surface area contributed by atoms with Crippen LogP contribution in [0.3, 0.4) is 0 Å². The molecule has 136 valence electrons. The first-order valence-electron chi connectivity index (χ1n) is 8.57. The van der Waals surface area contributed by atoms with Crippen molar-refractivity contribution in [3.8, 4) is 0 Å². The zero-order valence-corrected chi connectivity index (χ0v) is 16.3. The van der Waals surface area contributed by atoms with Gasteiger partial charge in [-0.2, -0.15) is 4.31 Å². The number of piperidine rings is 1. The third-order valence-electron chi connectivity index (χ3n) is 3.71. The minimum atomic E-state index is -3.34. The van der Waals surface area contributed by atoms with E-state index in [4.69, 9.17) is 0 Å². The quantitative estimate of drug-likeness (QED) is 0.594. The summed E-state index contributed by atoms with van der Waals surface area (Å²) in [5, 5.41) is 6.45. The summed E-state index contributed by atoms with van der Waals surface area (Å²) < 4.78 is 27.4. The van der Waals surface area contributed by atoms with Crippen molar-refractivity contribution in [1.29, 1.82) is 0 Å². The number of sulfonamides is 1. The number of nitrogens with one attached hydrogen (secondary N) is 2. The summed E-state index contributed by atoms with van der Waals surface area (Å²) in [5.74, 6) is 0.751. The average molecular weight is 373 g/mol. The van der Waals surface area contributed by atoms with Crippen molar-refractivity contribution in [2.75, 3.05) is 19.6 Å². The topological polar surface area (TPSA) is 73.8 Å². The van der Waals surface area contributed by atoms with Crippen LogP contribution in [0.4, 0.5) is 0 Å². The van der Waals surface area contributed by atoms with E-state index in [0.717, 1.165) is 36.6 Å². The van der Waals surface area contributed by atoms with Gasteiger partial charge in [-0.25, -0.2) is 13.4 Å². The van der Waals surface area contributed by atoms with Crippen LogP contribution in [-0.2, 0) is 16.6 Å². The van der Waals surface area contributed by atoms with Crippen LogP contribution in [-0.4, -0.2) is 44.4 Å². The Balaban J connectivity index is 2.06. The highest BCUT2D eigenvalue weighted by Gasteiger charge is 2.27. The molecule has 1 aromatic heterocycles. The van der Waals surface area contributed by atoms with Gasteiger partial charge in [-0.1, -0.05) is 6.42 Å². The van der Waals surface area contributed by atoms with Gasteiger partial charge >= 0.3 is 0 Å². The lowest BCUT2D eigenvalue weighted by molar-refractivity contribution is 0.347. The van der Waals surface area contributed by atoms with Crippen LogP contribution in [0.2, 0.25) is 0 Å². The summed E-state index contributed by atoms with van der Waals surface area (Å²) in [6.07, 6.45) is 3.02. The summed E-state index contributed by atoms with van der Waals surface area (Å²) in [5.41, 5.74) is 0. The maximum absolute atomic E-state index is 12.7. The van der Waals surface area contributed by atoms with Crippen LogP contribution >= 0.6 is 11.3 Å². The van der Waals surface area contributed by atoms with Crippen LogP contribution in [0.1, 0.15) is 44.9 Å². The second-order valence-electron chi connectivity index (χ2n) is 6.18. The maximum atomic E-state index is 12.7. The minimum Gasteiger partial charge on any atom is -0.357 e. The molecule has 0 atom stereocenters. The fourth-order valence-electron chi connectivity index (χ4n) is 2.56. The van der Waals surface area contributed by atoms with Gasteiger partial charge in [-0.3, -0.25) is 0 Å². The highest BCUT2D eigenvalue weighted by Crippen LogP contribution is 2.27. The first kappa shape index (κ1) is 19.2. The molecule has 24 heavy (non-hydrogen) atoms. The van der Waals surface area contributed by atoms with Crippen LogP contribution in [0.25, 0.3) is 0 Å². The first-order chi connectivity index (χ1) is 11.4. The number of hydrogen-bond acceptors (Lipinski definition) is 4. The molecular weight excluding hydrogens is 344 g/mol. The van der Waals surface area contributed by atoms with E-state index in [1.165, 1.54) is 11.3 Å². The van der Waals surface area contributed by atoms with E-state index >= 15 is 0 Å². The average Bonchev–Trinajstić information content (AvgIpc) is 3.03. The Morgan fingerprint density at radius 3 is 2.62 bits per heavy atom. The van der Waals surface area contributed by atoms with E-state index < -0.39 is 10.0 Å². The van der Waals surface area contributed by atoms with Gasteiger partial charge < -0.3 is 10.6 Å². The van der Waals surface area contributed by atoms with E-state index in [1.807, 2.05) is 13.0 Å². The number of thiophene rings is 1. The minimum absolute atomic E-state index is 0.293. The molecule has 1 saturated heterocycles. The number of aliphatic imine (C=N–C) groups is 1. The molecule has 2 heterocycles. The molecule has 0 spiro atoms. The van der Waals surface area contributed by atoms with Crippen LogP contribution in [0.15, 0.2) is 21.3 Å². The zero-order chi connectivity index (χ0) is 17.6. The summed E-state index contributed by atoms with van der Waals surface area (Å²) in [7, 11) is -3.34. The Morgan fingerprint density at radius 2 is 2.00 bits per heavy atom. The standard InChI is InChI=1S/C16H28N4O2S2/c1-4-17-16(19-13(2)3)18-12-14-8-9-15(23-14)24(21,22)20-10-6-5-7-11-20/h8-9,13H,4-7,10-12H2,1-3H3,(H2,17,18,19). The molecule has 1 fully saturated rings. The Morgan fingerprint density at radius 1 is 1.29 bits per heavy atom. The molecule has 1 aliphatic rings. The van der Waals surface area contributed by atoms with Crippen molar-refractivity contribution >= 4 is 27.3 Å². The summed E-state index contributed by atoms with van der Waals surface area (Å²) >= 11 is 1.32. The molecular formula is C16H28N4O2S2. The molecule has 0 amide bonds. The lowest BCUT2D eigenvalue weighted by Crippen LogP contribution is -2.40. The Bertz CT molecular complexity index is 647. The third kappa shape index (κ3) is 5.19. The molecule has 2 N–H and O–H groups in total. The molecule has 1 aromatic rings. The molecule has 0 aliphatic carbocycles. The van der Waals surface area contributed by atoms with Gasteiger partial charge in [0.05, 0.1) is 6.54 Å².